The molecule has 30 heavy (non-hydrogen) atoms. The predicted molar refractivity (Wildman–Crippen MR) is 115 cm³/mol. The largest absolute Gasteiger partial charge is 0.452 e. The van der Waals surface area contributed by atoms with Gasteiger partial charge in [0, 0.05) is 13.1 Å². The number of hydrogen-bond acceptors (Lipinski definition) is 6. The molecule has 2 rings (SSSR count). The number of nitrogens with zero attached hydrogens (tertiary/aromatic N) is 2. The average Bonchev–Trinajstić information content (AvgIpc) is 2.71. The molecule has 0 aliphatic rings. The van der Waals surface area contributed by atoms with Crippen LogP contribution in [-0.4, -0.2) is 34.6 Å². The highest BCUT2D eigenvalue weighted by Crippen LogP contribution is 2.18. The number of esters is 1. The Morgan fingerprint density at radius 2 is 1.87 bits per heavy atom. The number of unbranched alkanes of at least 4 members (excludes halogenated alkanes) is 1. The zero-order valence-corrected chi connectivity index (χ0v) is 17.6. The molecule has 1 heterocycles. The van der Waals surface area contributed by atoms with Crippen LogP contribution >= 0.6 is 0 Å². The van der Waals surface area contributed by atoms with Gasteiger partial charge in [0.15, 0.2) is 12.3 Å². The summed E-state index contributed by atoms with van der Waals surface area (Å²) in [6.07, 6.45) is 1.98. The number of nitrogen functional groups attached to an aromatic ring is 1. The first-order chi connectivity index (χ1) is 14.3. The highest BCUT2D eigenvalue weighted by molar-refractivity contribution is 5.98. The van der Waals surface area contributed by atoms with Crippen LogP contribution in [0.2, 0.25) is 0 Å². The highest BCUT2D eigenvalue weighted by Gasteiger charge is 2.25. The number of nitrogens with two attached hydrogens (primary N) is 1. The standard InChI is InChI=1S/C21H28N4O5/c1-4-6-12-24(17-18(22)25(11-5-2)21(29)23-19(17)27)16(26)13-30-20(28)15-10-8-7-9-14(15)3/h7-10H,4-6,11-13,22H2,1-3H3,(H,23,27,29). The summed E-state index contributed by atoms with van der Waals surface area (Å²) in [5.41, 5.74) is 5.70. The van der Waals surface area contributed by atoms with E-state index in [9.17, 15) is 19.2 Å². The van der Waals surface area contributed by atoms with Crippen molar-refractivity contribution in [3.05, 3.63) is 56.2 Å². The molecule has 0 bridgehead atoms. The third kappa shape index (κ3) is 5.16. The Morgan fingerprint density at radius 3 is 2.50 bits per heavy atom. The van der Waals surface area contributed by atoms with Gasteiger partial charge < -0.3 is 15.4 Å². The van der Waals surface area contributed by atoms with E-state index < -0.39 is 29.7 Å². The lowest BCUT2D eigenvalue weighted by atomic mass is 10.1. The zero-order valence-electron chi connectivity index (χ0n) is 17.6. The molecule has 0 unspecified atom stereocenters. The molecule has 0 aliphatic carbocycles. The molecule has 3 N–H and O–H groups in total. The Kier molecular flexibility index (Phi) is 7.97. The minimum absolute atomic E-state index is 0.0831. The maximum absolute atomic E-state index is 12.9. The number of benzene rings is 1. The molecular weight excluding hydrogens is 388 g/mol. The predicted octanol–water partition coefficient (Wildman–Crippen LogP) is 1.83. The molecule has 1 aromatic carbocycles. The summed E-state index contributed by atoms with van der Waals surface area (Å²) in [5, 5.41) is 0. The Hall–Kier alpha value is -3.36. The van der Waals surface area contributed by atoms with E-state index in [-0.39, 0.29) is 18.1 Å². The minimum Gasteiger partial charge on any atom is -0.452 e. The summed E-state index contributed by atoms with van der Waals surface area (Å²) >= 11 is 0. The number of amides is 1. The molecule has 0 aliphatic heterocycles. The van der Waals surface area contributed by atoms with Crippen molar-refractivity contribution in [2.24, 2.45) is 0 Å². The maximum atomic E-state index is 12.9. The fourth-order valence-corrected chi connectivity index (χ4v) is 3.05. The van der Waals surface area contributed by atoms with Crippen molar-refractivity contribution in [3.8, 4) is 0 Å². The van der Waals surface area contributed by atoms with E-state index in [0.717, 1.165) is 12.0 Å². The number of nitrogens with one attached hydrogen (secondary N) is 1. The molecule has 1 amide bonds. The second-order valence-corrected chi connectivity index (χ2v) is 6.93. The molecule has 0 radical (unpaired) electrons. The van der Waals surface area contributed by atoms with Gasteiger partial charge in [0.05, 0.1) is 5.56 Å². The van der Waals surface area contributed by atoms with Gasteiger partial charge in [-0.15, -0.1) is 0 Å². The van der Waals surface area contributed by atoms with Gasteiger partial charge in [-0.3, -0.25) is 19.1 Å². The van der Waals surface area contributed by atoms with E-state index in [4.69, 9.17) is 10.5 Å². The number of ether oxygens (including phenoxy) is 1. The summed E-state index contributed by atoms with van der Waals surface area (Å²) in [4.78, 5) is 53.2. The van der Waals surface area contributed by atoms with Gasteiger partial charge in [-0.05, 0) is 31.4 Å². The van der Waals surface area contributed by atoms with E-state index in [1.165, 1.54) is 9.47 Å². The lowest BCUT2D eigenvalue weighted by Gasteiger charge is -2.24. The van der Waals surface area contributed by atoms with Crippen molar-refractivity contribution in [1.29, 1.82) is 0 Å². The third-order valence-corrected chi connectivity index (χ3v) is 4.66. The van der Waals surface area contributed by atoms with E-state index in [1.807, 2.05) is 13.8 Å². The van der Waals surface area contributed by atoms with Crippen LogP contribution in [-0.2, 0) is 16.1 Å². The fraction of sp³-hybridized carbons (Fsp3) is 0.429. The van der Waals surface area contributed by atoms with Gasteiger partial charge in [0.1, 0.15) is 5.82 Å². The number of aromatic amines is 1. The number of hydrogen-bond donors (Lipinski definition) is 2. The highest BCUT2D eigenvalue weighted by atomic mass is 16.5. The molecule has 2 aromatic rings. The first-order valence-electron chi connectivity index (χ1n) is 9.97. The van der Waals surface area contributed by atoms with Crippen LogP contribution in [0.25, 0.3) is 0 Å². The number of aromatic nitrogens is 2. The van der Waals surface area contributed by atoms with Gasteiger partial charge in [-0.1, -0.05) is 38.5 Å². The Morgan fingerprint density at radius 1 is 1.17 bits per heavy atom. The van der Waals surface area contributed by atoms with Gasteiger partial charge in [0.25, 0.3) is 11.5 Å². The van der Waals surface area contributed by atoms with Crippen molar-refractivity contribution < 1.29 is 14.3 Å². The second-order valence-electron chi connectivity index (χ2n) is 6.93. The minimum atomic E-state index is -0.750. The molecule has 0 atom stereocenters. The first-order valence-corrected chi connectivity index (χ1v) is 9.97. The number of anilines is 2. The topological polar surface area (TPSA) is 127 Å². The lowest BCUT2D eigenvalue weighted by Crippen LogP contribution is -2.43. The maximum Gasteiger partial charge on any atom is 0.338 e. The lowest BCUT2D eigenvalue weighted by molar-refractivity contribution is -0.121. The number of carbonyl (C=O) groups is 2. The Labute approximate surface area is 174 Å². The normalized spacial score (nSPS) is 10.6. The van der Waals surface area contributed by atoms with Crippen LogP contribution in [0.4, 0.5) is 11.5 Å². The quantitative estimate of drug-likeness (QED) is 0.600. The summed E-state index contributed by atoms with van der Waals surface area (Å²) < 4.78 is 6.41. The van der Waals surface area contributed by atoms with E-state index in [2.05, 4.69) is 4.98 Å². The van der Waals surface area contributed by atoms with Crippen LogP contribution < -0.4 is 21.9 Å². The first kappa shape index (κ1) is 22.9. The molecule has 1 aromatic heterocycles. The number of carbonyl (C=O) groups excluding carboxylic acids is 2. The van der Waals surface area contributed by atoms with Crippen LogP contribution in [0.15, 0.2) is 33.9 Å². The van der Waals surface area contributed by atoms with E-state index in [0.29, 0.717) is 24.9 Å². The summed E-state index contributed by atoms with van der Waals surface area (Å²) in [5.74, 6) is -1.31. The Balaban J connectivity index is 2.32. The van der Waals surface area contributed by atoms with Crippen molar-refractivity contribution in [2.75, 3.05) is 23.8 Å². The zero-order chi connectivity index (χ0) is 22.3. The van der Waals surface area contributed by atoms with Gasteiger partial charge >= 0.3 is 11.7 Å². The smallest absolute Gasteiger partial charge is 0.338 e. The van der Waals surface area contributed by atoms with Crippen molar-refractivity contribution in [3.63, 3.8) is 0 Å². The van der Waals surface area contributed by atoms with Crippen molar-refractivity contribution in [2.45, 2.75) is 46.6 Å². The Bertz CT molecular complexity index is 1020. The van der Waals surface area contributed by atoms with Crippen LogP contribution in [0.1, 0.15) is 49.0 Å². The van der Waals surface area contributed by atoms with Crippen molar-refractivity contribution in [1.82, 2.24) is 9.55 Å². The average molecular weight is 416 g/mol. The molecule has 9 heteroatoms. The summed E-state index contributed by atoms with van der Waals surface area (Å²) in [7, 11) is 0. The number of rotatable bonds is 9. The fourth-order valence-electron chi connectivity index (χ4n) is 3.05. The van der Waals surface area contributed by atoms with Crippen LogP contribution in [0, 0.1) is 6.92 Å². The molecular formula is C21H28N4O5. The van der Waals surface area contributed by atoms with Gasteiger partial charge in [-0.2, -0.15) is 0 Å². The third-order valence-electron chi connectivity index (χ3n) is 4.66. The number of aryl methyl sites for hydroxylation is 1. The second kappa shape index (κ2) is 10.4. The SMILES string of the molecule is CCCCN(C(=O)COC(=O)c1ccccc1C)c1c(N)n(CCC)c(=O)[nH]c1=O. The molecule has 0 saturated heterocycles. The van der Waals surface area contributed by atoms with E-state index in [1.54, 1.807) is 31.2 Å². The monoisotopic (exact) mass is 416 g/mol. The summed E-state index contributed by atoms with van der Waals surface area (Å²) in [6.45, 7) is 5.52. The van der Waals surface area contributed by atoms with Gasteiger partial charge in [-0.25, -0.2) is 9.59 Å². The molecule has 0 saturated carbocycles. The number of H-pyrrole nitrogens is 1. The molecule has 0 spiro atoms. The summed E-state index contributed by atoms with van der Waals surface area (Å²) in [6, 6.07) is 6.88. The molecule has 9 nitrogen and oxygen atoms in total. The molecule has 162 valence electrons. The van der Waals surface area contributed by atoms with Crippen LogP contribution in [0.3, 0.4) is 0 Å². The van der Waals surface area contributed by atoms with Gasteiger partial charge in [0.2, 0.25) is 0 Å². The van der Waals surface area contributed by atoms with Crippen LogP contribution in [0.5, 0.6) is 0 Å². The van der Waals surface area contributed by atoms with E-state index >= 15 is 0 Å². The van der Waals surface area contributed by atoms with Crippen molar-refractivity contribution >= 4 is 23.4 Å². The molecule has 0 fully saturated rings.